The second kappa shape index (κ2) is 6.59. The van der Waals surface area contributed by atoms with Crippen LogP contribution in [-0.4, -0.2) is 46.0 Å². The summed E-state index contributed by atoms with van der Waals surface area (Å²) >= 11 is 0. The molecule has 132 valence electrons. The molecule has 2 aromatic rings. The number of benzene rings is 1. The van der Waals surface area contributed by atoms with Crippen molar-refractivity contribution in [1.82, 2.24) is 19.8 Å². The molecule has 1 saturated heterocycles. The predicted octanol–water partition coefficient (Wildman–Crippen LogP) is 1.56. The van der Waals surface area contributed by atoms with Crippen LogP contribution in [0.1, 0.15) is 42.4 Å². The summed E-state index contributed by atoms with van der Waals surface area (Å²) in [4.78, 5) is 32.3. The summed E-state index contributed by atoms with van der Waals surface area (Å²) in [6.07, 6.45) is 4.05. The normalized spacial score (nSPS) is 21.0. The minimum atomic E-state index is 0.0211. The summed E-state index contributed by atoms with van der Waals surface area (Å²) in [7, 11) is 0. The van der Waals surface area contributed by atoms with E-state index < -0.39 is 0 Å². The van der Waals surface area contributed by atoms with Crippen molar-refractivity contribution in [3.05, 3.63) is 39.9 Å². The average Bonchev–Trinajstić information content (AvgIpc) is 2.87. The topological polar surface area (TPSA) is 67.2 Å². The summed E-state index contributed by atoms with van der Waals surface area (Å²) in [6, 6.07) is 5.50. The number of nitrogens with zero attached hydrogens (tertiary/aromatic N) is 3. The second-order valence-corrected chi connectivity index (χ2v) is 7.08. The highest BCUT2D eigenvalue weighted by Gasteiger charge is 2.24. The molecule has 6 nitrogen and oxygen atoms in total. The number of carbonyl (C=O) groups is 1. The van der Waals surface area contributed by atoms with Crippen LogP contribution < -0.4 is 10.9 Å². The molecule has 0 bridgehead atoms. The van der Waals surface area contributed by atoms with Gasteiger partial charge in [0.2, 0.25) is 0 Å². The Hall–Kier alpha value is -2.21. The van der Waals surface area contributed by atoms with Gasteiger partial charge in [-0.2, -0.15) is 0 Å². The molecule has 1 N–H and O–H groups in total. The molecule has 1 atom stereocenters. The van der Waals surface area contributed by atoms with Gasteiger partial charge in [-0.3, -0.25) is 14.2 Å². The van der Waals surface area contributed by atoms with E-state index in [9.17, 15) is 9.59 Å². The van der Waals surface area contributed by atoms with Gasteiger partial charge in [0.15, 0.2) is 0 Å². The lowest BCUT2D eigenvalue weighted by molar-refractivity contribution is 0.0656. The van der Waals surface area contributed by atoms with E-state index in [1.54, 1.807) is 18.2 Å². The summed E-state index contributed by atoms with van der Waals surface area (Å²) in [6.45, 7) is 5.13. The highest BCUT2D eigenvalue weighted by molar-refractivity contribution is 5.98. The lowest BCUT2D eigenvalue weighted by Gasteiger charge is -2.34. The largest absolute Gasteiger partial charge is 0.333 e. The minimum absolute atomic E-state index is 0.0211. The van der Waals surface area contributed by atoms with Gasteiger partial charge in [-0.1, -0.05) is 6.42 Å². The standard InChI is InChI=1S/C19H24N4O2/c1-13-12-20-8-10-22(13)18(24)14-6-7-15-16(11-14)21-17-5-3-2-4-9-23(17)19(15)25/h6-7,11,13,20H,2-5,8-10,12H2,1H3/t13-/m0/s1. The molecule has 0 saturated carbocycles. The molecular formula is C19H24N4O2. The van der Waals surface area contributed by atoms with E-state index in [2.05, 4.69) is 12.2 Å². The number of hydrogen-bond acceptors (Lipinski definition) is 4. The van der Waals surface area contributed by atoms with Crippen molar-refractivity contribution in [2.24, 2.45) is 0 Å². The van der Waals surface area contributed by atoms with Gasteiger partial charge in [-0.15, -0.1) is 0 Å². The molecule has 0 unspecified atom stereocenters. The molecule has 0 aliphatic carbocycles. The van der Waals surface area contributed by atoms with E-state index >= 15 is 0 Å². The molecular weight excluding hydrogens is 316 g/mol. The van der Waals surface area contributed by atoms with Gasteiger partial charge in [-0.05, 0) is 38.0 Å². The van der Waals surface area contributed by atoms with Gasteiger partial charge in [-0.25, -0.2) is 4.98 Å². The first-order valence-electron chi connectivity index (χ1n) is 9.20. The number of amides is 1. The van der Waals surface area contributed by atoms with Gasteiger partial charge in [0, 0.05) is 44.2 Å². The van der Waals surface area contributed by atoms with Crippen LogP contribution in [0.25, 0.3) is 10.9 Å². The third kappa shape index (κ3) is 2.95. The van der Waals surface area contributed by atoms with Crippen LogP contribution >= 0.6 is 0 Å². The summed E-state index contributed by atoms with van der Waals surface area (Å²) in [5, 5.41) is 3.90. The molecule has 1 fully saturated rings. The van der Waals surface area contributed by atoms with Crippen molar-refractivity contribution >= 4 is 16.8 Å². The van der Waals surface area contributed by atoms with Crippen LogP contribution in [0.4, 0.5) is 0 Å². The number of rotatable bonds is 1. The first kappa shape index (κ1) is 16.3. The van der Waals surface area contributed by atoms with E-state index in [1.165, 1.54) is 0 Å². The zero-order valence-corrected chi connectivity index (χ0v) is 14.6. The van der Waals surface area contributed by atoms with Crippen LogP contribution in [-0.2, 0) is 13.0 Å². The Labute approximate surface area is 146 Å². The van der Waals surface area contributed by atoms with Crippen LogP contribution in [0.15, 0.2) is 23.0 Å². The van der Waals surface area contributed by atoms with Crippen LogP contribution in [0.2, 0.25) is 0 Å². The summed E-state index contributed by atoms with van der Waals surface area (Å²) in [5.41, 5.74) is 1.29. The maximum Gasteiger partial charge on any atom is 0.261 e. The van der Waals surface area contributed by atoms with E-state index in [4.69, 9.17) is 4.98 Å². The molecule has 3 heterocycles. The van der Waals surface area contributed by atoms with Crippen molar-refractivity contribution in [2.45, 2.75) is 45.2 Å². The smallest absolute Gasteiger partial charge is 0.261 e. The number of hydrogen-bond donors (Lipinski definition) is 1. The first-order valence-corrected chi connectivity index (χ1v) is 9.20. The SMILES string of the molecule is C[C@H]1CNCCN1C(=O)c1ccc2c(=O)n3c(nc2c1)CCCCC3. The van der Waals surface area contributed by atoms with Crippen molar-refractivity contribution in [3.63, 3.8) is 0 Å². The fourth-order valence-electron chi connectivity index (χ4n) is 3.86. The minimum Gasteiger partial charge on any atom is -0.333 e. The predicted molar refractivity (Wildman–Crippen MR) is 96.9 cm³/mol. The van der Waals surface area contributed by atoms with E-state index in [0.717, 1.165) is 51.1 Å². The van der Waals surface area contributed by atoms with E-state index in [0.29, 0.717) is 23.0 Å². The Morgan fingerprint density at radius 2 is 2.12 bits per heavy atom. The number of aromatic nitrogens is 2. The zero-order chi connectivity index (χ0) is 17.4. The number of piperazine rings is 1. The van der Waals surface area contributed by atoms with Gasteiger partial charge < -0.3 is 10.2 Å². The fraction of sp³-hybridized carbons (Fsp3) is 0.526. The molecule has 4 rings (SSSR count). The maximum atomic E-state index is 12.9. The van der Waals surface area contributed by atoms with Crippen molar-refractivity contribution in [2.75, 3.05) is 19.6 Å². The average molecular weight is 340 g/mol. The van der Waals surface area contributed by atoms with Gasteiger partial charge >= 0.3 is 0 Å². The Morgan fingerprint density at radius 3 is 2.96 bits per heavy atom. The van der Waals surface area contributed by atoms with Crippen LogP contribution in [0.3, 0.4) is 0 Å². The lowest BCUT2D eigenvalue weighted by Crippen LogP contribution is -2.52. The van der Waals surface area contributed by atoms with Crippen molar-refractivity contribution in [1.29, 1.82) is 0 Å². The van der Waals surface area contributed by atoms with Crippen molar-refractivity contribution in [3.8, 4) is 0 Å². The Kier molecular flexibility index (Phi) is 4.29. The van der Waals surface area contributed by atoms with Crippen molar-refractivity contribution < 1.29 is 4.79 Å². The van der Waals surface area contributed by atoms with Gasteiger partial charge in [0.25, 0.3) is 11.5 Å². The van der Waals surface area contributed by atoms with Crippen LogP contribution in [0.5, 0.6) is 0 Å². The number of carbonyl (C=O) groups excluding carboxylic acids is 1. The number of aryl methyl sites for hydroxylation is 1. The van der Waals surface area contributed by atoms with Gasteiger partial charge in [0.05, 0.1) is 10.9 Å². The molecule has 25 heavy (non-hydrogen) atoms. The first-order chi connectivity index (χ1) is 12.1. The molecule has 1 aromatic carbocycles. The molecule has 0 spiro atoms. The Morgan fingerprint density at radius 1 is 1.24 bits per heavy atom. The molecule has 1 aromatic heterocycles. The second-order valence-electron chi connectivity index (χ2n) is 7.08. The molecule has 2 aliphatic heterocycles. The number of nitrogens with one attached hydrogen (secondary N) is 1. The molecule has 6 heteroatoms. The third-order valence-electron chi connectivity index (χ3n) is 5.33. The Bertz CT molecular complexity index is 874. The molecule has 2 aliphatic rings. The highest BCUT2D eigenvalue weighted by atomic mass is 16.2. The highest BCUT2D eigenvalue weighted by Crippen LogP contribution is 2.18. The number of fused-ring (bicyclic) bond motifs is 2. The van der Waals surface area contributed by atoms with E-state index in [1.807, 2.05) is 9.47 Å². The molecule has 0 radical (unpaired) electrons. The van der Waals surface area contributed by atoms with Gasteiger partial charge in [0.1, 0.15) is 5.82 Å². The molecule has 1 amide bonds. The maximum absolute atomic E-state index is 12.9. The fourth-order valence-corrected chi connectivity index (χ4v) is 3.86. The van der Waals surface area contributed by atoms with Crippen LogP contribution in [0, 0.1) is 0 Å². The zero-order valence-electron chi connectivity index (χ0n) is 14.6. The quantitative estimate of drug-likeness (QED) is 0.855. The lowest BCUT2D eigenvalue weighted by atomic mass is 10.1. The summed E-state index contributed by atoms with van der Waals surface area (Å²) < 4.78 is 1.81. The monoisotopic (exact) mass is 340 g/mol. The van der Waals surface area contributed by atoms with E-state index in [-0.39, 0.29) is 17.5 Å². The summed E-state index contributed by atoms with van der Waals surface area (Å²) in [5.74, 6) is 0.878. The third-order valence-corrected chi connectivity index (χ3v) is 5.33. The Balaban J connectivity index is 1.75.